The van der Waals surface area contributed by atoms with E-state index in [1.165, 1.54) is 12.1 Å². The van der Waals surface area contributed by atoms with Crippen LogP contribution in [0.15, 0.2) is 24.3 Å². The zero-order valence-electron chi connectivity index (χ0n) is 23.4. The number of nitrogens with one attached hydrogen (secondary N) is 1. The molecule has 4 aliphatic rings. The van der Waals surface area contributed by atoms with Crippen LogP contribution in [0.25, 0.3) is 4.85 Å². The average Bonchev–Trinajstić information content (AvgIpc) is 3.45. The highest BCUT2D eigenvalue weighted by Crippen LogP contribution is 2.56. The van der Waals surface area contributed by atoms with E-state index in [1.807, 2.05) is 0 Å². The summed E-state index contributed by atoms with van der Waals surface area (Å²) in [5, 5.41) is 2.74. The third kappa shape index (κ3) is 5.27. The van der Waals surface area contributed by atoms with Crippen molar-refractivity contribution in [3.05, 3.63) is 46.8 Å². The topological polar surface area (TPSA) is 83.3 Å². The number of halogens is 2. The molecule has 5 atom stereocenters. The fraction of sp³-hybridized carbons (Fsp3) is 0.667. The number of likely N-dealkylation sites (tertiary alicyclic amines) is 1. The van der Waals surface area contributed by atoms with Crippen molar-refractivity contribution >= 4 is 17.9 Å². The molecule has 1 spiro atoms. The van der Waals surface area contributed by atoms with Crippen LogP contribution in [0.2, 0.25) is 0 Å². The van der Waals surface area contributed by atoms with Crippen molar-refractivity contribution in [1.82, 2.24) is 15.1 Å². The van der Waals surface area contributed by atoms with Gasteiger partial charge in [-0.05, 0) is 70.9 Å². The summed E-state index contributed by atoms with van der Waals surface area (Å²) in [7, 11) is 0. The number of benzene rings is 1. The highest BCUT2D eigenvalue weighted by atomic mass is 19.3. The van der Waals surface area contributed by atoms with E-state index in [0.29, 0.717) is 37.7 Å². The molecule has 0 radical (unpaired) electrons. The number of alkyl halides is 2. The Balaban J connectivity index is 1.39. The van der Waals surface area contributed by atoms with Gasteiger partial charge in [0.1, 0.15) is 23.2 Å². The SMILES string of the molecule is [C-]#[N+][C@H]1[C@H](c2cccc(C(F)F)c2)CN(C(=O)[C@@H]2CC[C@@H]3CCCC[C@H](NC(=O)OC(C)(C)C)C(=O)N32)C12CC2. The van der Waals surface area contributed by atoms with Gasteiger partial charge in [-0.1, -0.05) is 31.0 Å². The van der Waals surface area contributed by atoms with Crippen LogP contribution in [-0.4, -0.2) is 69.6 Å². The Kier molecular flexibility index (Phi) is 7.53. The van der Waals surface area contributed by atoms with Crippen molar-refractivity contribution in [2.75, 3.05) is 6.54 Å². The van der Waals surface area contributed by atoms with E-state index in [0.717, 1.165) is 19.3 Å². The van der Waals surface area contributed by atoms with Gasteiger partial charge in [-0.25, -0.2) is 20.1 Å². The van der Waals surface area contributed by atoms with Crippen molar-refractivity contribution in [3.8, 4) is 0 Å². The van der Waals surface area contributed by atoms with Crippen molar-refractivity contribution in [2.24, 2.45) is 0 Å². The first-order valence-corrected chi connectivity index (χ1v) is 14.3. The second-order valence-corrected chi connectivity index (χ2v) is 12.7. The molecule has 1 aliphatic carbocycles. The smallest absolute Gasteiger partial charge is 0.408 e. The minimum Gasteiger partial charge on any atom is -0.444 e. The van der Waals surface area contributed by atoms with Crippen LogP contribution in [0.4, 0.5) is 13.6 Å². The number of hydrogen-bond donors (Lipinski definition) is 1. The van der Waals surface area contributed by atoms with E-state index < -0.39 is 41.8 Å². The van der Waals surface area contributed by atoms with Gasteiger partial charge >= 0.3 is 6.09 Å². The summed E-state index contributed by atoms with van der Waals surface area (Å²) in [6.45, 7) is 13.5. The second-order valence-electron chi connectivity index (χ2n) is 12.7. The van der Waals surface area contributed by atoms with Crippen molar-refractivity contribution < 1.29 is 27.9 Å². The summed E-state index contributed by atoms with van der Waals surface area (Å²) in [5.74, 6) is -0.811. The molecule has 0 aromatic heterocycles. The normalized spacial score (nSPS) is 29.5. The van der Waals surface area contributed by atoms with Gasteiger partial charge < -0.3 is 24.7 Å². The predicted molar refractivity (Wildman–Crippen MR) is 143 cm³/mol. The van der Waals surface area contributed by atoms with Gasteiger partial charge in [-0.3, -0.25) is 9.59 Å². The Morgan fingerprint density at radius 1 is 1.15 bits per heavy atom. The van der Waals surface area contributed by atoms with Gasteiger partial charge in [-0.2, -0.15) is 0 Å². The highest BCUT2D eigenvalue weighted by Gasteiger charge is 2.68. The fourth-order valence-corrected chi connectivity index (χ4v) is 6.98. The van der Waals surface area contributed by atoms with Gasteiger partial charge in [0, 0.05) is 18.2 Å². The van der Waals surface area contributed by atoms with E-state index in [2.05, 4.69) is 10.2 Å². The van der Waals surface area contributed by atoms with Crippen LogP contribution in [0.1, 0.15) is 95.6 Å². The molecule has 0 bridgehead atoms. The third-order valence-electron chi connectivity index (χ3n) is 8.92. The van der Waals surface area contributed by atoms with E-state index in [9.17, 15) is 23.2 Å². The maximum Gasteiger partial charge on any atom is 0.408 e. The van der Waals surface area contributed by atoms with Gasteiger partial charge in [0.25, 0.3) is 12.5 Å². The fourth-order valence-electron chi connectivity index (χ4n) is 6.98. The molecular weight excluding hydrogens is 518 g/mol. The average molecular weight is 557 g/mol. The molecule has 3 heterocycles. The van der Waals surface area contributed by atoms with E-state index in [-0.39, 0.29) is 35.9 Å². The van der Waals surface area contributed by atoms with Crippen molar-refractivity contribution in [1.29, 1.82) is 0 Å². The molecule has 3 amide bonds. The quantitative estimate of drug-likeness (QED) is 0.517. The number of alkyl carbamates (subject to hydrolysis) is 1. The van der Waals surface area contributed by atoms with E-state index >= 15 is 0 Å². The monoisotopic (exact) mass is 556 g/mol. The molecule has 1 N–H and O–H groups in total. The molecule has 1 saturated carbocycles. The zero-order valence-corrected chi connectivity index (χ0v) is 23.4. The molecule has 3 aliphatic heterocycles. The van der Waals surface area contributed by atoms with Gasteiger partial charge in [-0.15, -0.1) is 0 Å². The van der Waals surface area contributed by atoms with Crippen LogP contribution < -0.4 is 5.32 Å². The molecule has 10 heteroatoms. The lowest BCUT2D eigenvalue weighted by atomic mass is 9.90. The Morgan fingerprint density at radius 2 is 1.88 bits per heavy atom. The lowest BCUT2D eigenvalue weighted by Gasteiger charge is -2.37. The lowest BCUT2D eigenvalue weighted by Crippen LogP contribution is -2.58. The highest BCUT2D eigenvalue weighted by molar-refractivity contribution is 5.93. The van der Waals surface area contributed by atoms with Gasteiger partial charge in [0.2, 0.25) is 11.8 Å². The third-order valence-corrected chi connectivity index (χ3v) is 8.92. The van der Waals surface area contributed by atoms with Gasteiger partial charge in [0.15, 0.2) is 0 Å². The molecular formula is C30H38F2N4O4. The van der Waals surface area contributed by atoms with E-state index in [1.54, 1.807) is 42.7 Å². The van der Waals surface area contributed by atoms with Crippen molar-refractivity contribution in [3.63, 3.8) is 0 Å². The van der Waals surface area contributed by atoms with Crippen LogP contribution in [0, 0.1) is 6.57 Å². The molecule has 216 valence electrons. The molecule has 8 nitrogen and oxygen atoms in total. The maximum absolute atomic E-state index is 14.2. The van der Waals surface area contributed by atoms with Crippen LogP contribution in [0.5, 0.6) is 0 Å². The summed E-state index contributed by atoms with van der Waals surface area (Å²) in [6, 6.07) is 4.12. The molecule has 3 saturated heterocycles. The molecule has 1 aromatic carbocycles. The number of rotatable bonds is 4. The van der Waals surface area contributed by atoms with Crippen LogP contribution in [-0.2, 0) is 14.3 Å². The Hall–Kier alpha value is -3.22. The summed E-state index contributed by atoms with van der Waals surface area (Å²) < 4.78 is 32.3. The predicted octanol–water partition coefficient (Wildman–Crippen LogP) is 5.20. The maximum atomic E-state index is 14.2. The first-order valence-electron chi connectivity index (χ1n) is 14.3. The number of hydrogen-bond acceptors (Lipinski definition) is 4. The number of fused-ring (bicyclic) bond motifs is 1. The molecule has 4 fully saturated rings. The van der Waals surface area contributed by atoms with Crippen LogP contribution in [0.3, 0.4) is 0 Å². The van der Waals surface area contributed by atoms with Gasteiger partial charge in [0.05, 0.1) is 5.92 Å². The number of nitrogens with zero attached hydrogens (tertiary/aromatic N) is 3. The first kappa shape index (κ1) is 28.3. The Bertz CT molecular complexity index is 1200. The number of ether oxygens (including phenoxy) is 1. The first-order chi connectivity index (χ1) is 18.9. The summed E-state index contributed by atoms with van der Waals surface area (Å²) in [4.78, 5) is 48.0. The largest absolute Gasteiger partial charge is 0.444 e. The zero-order chi connectivity index (χ0) is 28.8. The van der Waals surface area contributed by atoms with Crippen LogP contribution >= 0.6 is 0 Å². The molecule has 5 rings (SSSR count). The Labute approximate surface area is 234 Å². The summed E-state index contributed by atoms with van der Waals surface area (Å²) >= 11 is 0. The Morgan fingerprint density at radius 3 is 2.52 bits per heavy atom. The second kappa shape index (κ2) is 10.6. The van der Waals surface area contributed by atoms with E-state index in [4.69, 9.17) is 11.3 Å². The van der Waals surface area contributed by atoms with Crippen molar-refractivity contribution in [2.45, 2.75) is 120 Å². The molecule has 0 unspecified atom stereocenters. The minimum absolute atomic E-state index is 0.0855. The molecule has 1 aromatic rings. The molecule has 40 heavy (non-hydrogen) atoms. The minimum atomic E-state index is -2.61. The number of amides is 3. The lowest BCUT2D eigenvalue weighted by molar-refractivity contribution is -0.148. The summed E-state index contributed by atoms with van der Waals surface area (Å²) in [6.07, 6.45) is 2.27. The summed E-state index contributed by atoms with van der Waals surface area (Å²) in [5.41, 5.74) is -0.775. The standard InChI is InChI=1S/C30H38F2N4O4/c1-29(2,3)40-28(39)34-22-11-6-5-10-20-12-13-23(36(20)26(22)37)27(38)35-17-21(24(33-4)30(35)14-15-30)18-8-7-9-19(16-18)25(31)32/h7-9,16,20-25H,5-6,10-15,17H2,1-3H3,(H,34,39)/t20-,21-,22-,23-,24-/m0/s1. The number of carbonyl (C=O) groups is 3. The number of carbonyl (C=O) groups excluding carboxylic acids is 3.